The molecule has 0 radical (unpaired) electrons. The number of methoxy groups -OCH3 is 2. The van der Waals surface area contributed by atoms with Gasteiger partial charge in [-0.1, -0.05) is 12.1 Å². The molecule has 0 spiro atoms. The summed E-state index contributed by atoms with van der Waals surface area (Å²) in [7, 11) is 3.14. The van der Waals surface area contributed by atoms with Gasteiger partial charge < -0.3 is 14.8 Å². The Hall–Kier alpha value is -3.09. The molecule has 2 heterocycles. The van der Waals surface area contributed by atoms with E-state index >= 15 is 0 Å². The summed E-state index contributed by atoms with van der Waals surface area (Å²) < 4.78 is 12.3. The number of benzene rings is 1. The summed E-state index contributed by atoms with van der Waals surface area (Å²) in [6, 6.07) is 11.1. The largest absolute Gasteiger partial charge is 0.493 e. The van der Waals surface area contributed by atoms with Crippen LogP contribution in [0.5, 0.6) is 11.5 Å². The highest BCUT2D eigenvalue weighted by molar-refractivity contribution is 5.78. The molecule has 3 rings (SSSR count). The predicted octanol–water partition coefficient (Wildman–Crippen LogP) is 1.61. The molecule has 1 amide bonds. The molecule has 0 bridgehead atoms. The predicted molar refractivity (Wildman–Crippen MR) is 88.1 cm³/mol. The van der Waals surface area contributed by atoms with E-state index in [1.807, 2.05) is 34.9 Å². The summed E-state index contributed by atoms with van der Waals surface area (Å²) >= 11 is 0. The number of hydrogen-bond donors (Lipinski definition) is 1. The molecule has 0 atom stereocenters. The summed E-state index contributed by atoms with van der Waals surface area (Å²) in [6.45, 7) is 0.317. The van der Waals surface area contributed by atoms with E-state index < -0.39 is 0 Å². The van der Waals surface area contributed by atoms with E-state index in [0.29, 0.717) is 23.9 Å². The maximum Gasteiger partial charge on any atom is 0.224 e. The van der Waals surface area contributed by atoms with Gasteiger partial charge in [-0.25, -0.2) is 0 Å². The first kappa shape index (κ1) is 15.8. The van der Waals surface area contributed by atoms with Crippen molar-refractivity contribution in [2.45, 2.75) is 13.0 Å². The molecule has 124 valence electrons. The maximum atomic E-state index is 12.2. The van der Waals surface area contributed by atoms with Crippen LogP contribution in [0, 0.1) is 0 Å². The normalized spacial score (nSPS) is 10.6. The van der Waals surface area contributed by atoms with Crippen molar-refractivity contribution in [2.75, 3.05) is 14.2 Å². The molecule has 1 N–H and O–H groups in total. The first-order valence-corrected chi connectivity index (χ1v) is 7.47. The minimum atomic E-state index is -0.102. The molecule has 2 aromatic heterocycles. The van der Waals surface area contributed by atoms with E-state index in [9.17, 15) is 4.79 Å². The molecule has 7 nitrogen and oxygen atoms in total. The molecule has 0 aliphatic rings. The third-order valence-electron chi connectivity index (χ3n) is 3.64. The standard InChI is InChI=1S/C17H18N4O3/c1-23-13-7-6-12(9-14(13)24-2)10-17(22)18-11-16-20-19-15-5-3-4-8-21(15)16/h3-9H,10-11H2,1-2H3,(H,18,22). The lowest BCUT2D eigenvalue weighted by atomic mass is 10.1. The number of fused-ring (bicyclic) bond motifs is 1. The molecule has 24 heavy (non-hydrogen) atoms. The molecule has 0 unspecified atom stereocenters. The van der Waals surface area contributed by atoms with E-state index in [-0.39, 0.29) is 12.3 Å². The third kappa shape index (κ3) is 3.29. The van der Waals surface area contributed by atoms with Crippen LogP contribution in [-0.2, 0) is 17.8 Å². The Morgan fingerprint density at radius 2 is 1.96 bits per heavy atom. The number of hydrogen-bond acceptors (Lipinski definition) is 5. The number of carbonyl (C=O) groups excluding carboxylic acids is 1. The second-order valence-electron chi connectivity index (χ2n) is 5.19. The van der Waals surface area contributed by atoms with Crippen LogP contribution in [0.4, 0.5) is 0 Å². The van der Waals surface area contributed by atoms with Crippen LogP contribution in [0.3, 0.4) is 0 Å². The number of nitrogens with one attached hydrogen (secondary N) is 1. The summed E-state index contributed by atoms with van der Waals surface area (Å²) in [4.78, 5) is 12.2. The fourth-order valence-electron chi connectivity index (χ4n) is 2.43. The second-order valence-corrected chi connectivity index (χ2v) is 5.19. The number of amides is 1. The molecule has 0 aliphatic heterocycles. The van der Waals surface area contributed by atoms with E-state index in [0.717, 1.165) is 11.2 Å². The van der Waals surface area contributed by atoms with Gasteiger partial charge in [-0.2, -0.15) is 0 Å². The van der Waals surface area contributed by atoms with Gasteiger partial charge in [-0.05, 0) is 29.8 Å². The van der Waals surface area contributed by atoms with Crippen molar-refractivity contribution in [1.29, 1.82) is 0 Å². The maximum absolute atomic E-state index is 12.2. The Kier molecular flexibility index (Phi) is 4.60. The Morgan fingerprint density at radius 3 is 2.75 bits per heavy atom. The molecule has 0 saturated carbocycles. The summed E-state index contributed by atoms with van der Waals surface area (Å²) in [5.74, 6) is 1.82. The Balaban J connectivity index is 1.63. The quantitative estimate of drug-likeness (QED) is 0.744. The molecule has 1 aromatic carbocycles. The van der Waals surface area contributed by atoms with Crippen LogP contribution >= 0.6 is 0 Å². The van der Waals surface area contributed by atoms with E-state index in [4.69, 9.17) is 9.47 Å². The lowest BCUT2D eigenvalue weighted by Gasteiger charge is -2.09. The number of nitrogens with zero attached hydrogens (tertiary/aromatic N) is 3. The van der Waals surface area contributed by atoms with E-state index in [1.54, 1.807) is 26.4 Å². The van der Waals surface area contributed by atoms with Gasteiger partial charge >= 0.3 is 0 Å². The lowest BCUT2D eigenvalue weighted by molar-refractivity contribution is -0.120. The fraction of sp³-hybridized carbons (Fsp3) is 0.235. The number of aromatic nitrogens is 3. The average molecular weight is 326 g/mol. The zero-order valence-corrected chi connectivity index (χ0v) is 13.5. The summed E-state index contributed by atoms with van der Waals surface area (Å²) in [6.07, 6.45) is 2.11. The molecular formula is C17H18N4O3. The zero-order valence-electron chi connectivity index (χ0n) is 13.5. The second kappa shape index (κ2) is 6.99. The first-order chi connectivity index (χ1) is 11.7. The van der Waals surface area contributed by atoms with Crippen LogP contribution < -0.4 is 14.8 Å². The van der Waals surface area contributed by atoms with Crippen LogP contribution in [-0.4, -0.2) is 34.7 Å². The molecule has 0 aliphatic carbocycles. The van der Waals surface area contributed by atoms with Crippen molar-refractivity contribution >= 4 is 11.6 Å². The third-order valence-corrected chi connectivity index (χ3v) is 3.64. The SMILES string of the molecule is COc1ccc(CC(=O)NCc2nnc3ccccn23)cc1OC. The lowest BCUT2D eigenvalue weighted by Crippen LogP contribution is -2.25. The highest BCUT2D eigenvalue weighted by atomic mass is 16.5. The Morgan fingerprint density at radius 1 is 1.12 bits per heavy atom. The minimum absolute atomic E-state index is 0.102. The van der Waals surface area contributed by atoms with Crippen LogP contribution in [0.1, 0.15) is 11.4 Å². The average Bonchev–Trinajstić information content (AvgIpc) is 3.03. The van der Waals surface area contributed by atoms with Gasteiger partial charge in [0.1, 0.15) is 0 Å². The monoisotopic (exact) mass is 326 g/mol. The smallest absolute Gasteiger partial charge is 0.224 e. The number of carbonyl (C=O) groups is 1. The molecule has 3 aromatic rings. The van der Waals surface area contributed by atoms with Crippen molar-refractivity contribution < 1.29 is 14.3 Å². The minimum Gasteiger partial charge on any atom is -0.493 e. The van der Waals surface area contributed by atoms with Gasteiger partial charge in [0.05, 0.1) is 27.2 Å². The topological polar surface area (TPSA) is 77.8 Å². The zero-order chi connectivity index (χ0) is 16.9. The Bertz CT molecular complexity index is 860. The summed E-state index contributed by atoms with van der Waals surface area (Å²) in [5, 5.41) is 11.0. The van der Waals surface area contributed by atoms with Crippen molar-refractivity contribution in [2.24, 2.45) is 0 Å². The fourth-order valence-corrected chi connectivity index (χ4v) is 2.43. The van der Waals surface area contributed by atoms with Crippen molar-refractivity contribution in [3.63, 3.8) is 0 Å². The molecule has 0 fully saturated rings. The number of pyridine rings is 1. The molecular weight excluding hydrogens is 308 g/mol. The number of rotatable bonds is 6. The van der Waals surface area contributed by atoms with Crippen molar-refractivity contribution in [1.82, 2.24) is 19.9 Å². The van der Waals surface area contributed by atoms with Gasteiger partial charge in [-0.15, -0.1) is 10.2 Å². The van der Waals surface area contributed by atoms with Crippen LogP contribution in [0.2, 0.25) is 0 Å². The van der Waals surface area contributed by atoms with Crippen LogP contribution in [0.25, 0.3) is 5.65 Å². The van der Waals surface area contributed by atoms with Gasteiger partial charge in [0.2, 0.25) is 5.91 Å². The van der Waals surface area contributed by atoms with Gasteiger partial charge in [0.15, 0.2) is 23.0 Å². The van der Waals surface area contributed by atoms with Gasteiger partial charge in [-0.3, -0.25) is 9.20 Å². The van der Waals surface area contributed by atoms with Crippen LogP contribution in [0.15, 0.2) is 42.6 Å². The van der Waals surface area contributed by atoms with Gasteiger partial charge in [0, 0.05) is 6.20 Å². The highest BCUT2D eigenvalue weighted by Crippen LogP contribution is 2.27. The van der Waals surface area contributed by atoms with Crippen molar-refractivity contribution in [3.05, 3.63) is 54.0 Å². The molecule has 0 saturated heterocycles. The summed E-state index contributed by atoms with van der Waals surface area (Å²) in [5.41, 5.74) is 1.60. The molecule has 7 heteroatoms. The first-order valence-electron chi connectivity index (χ1n) is 7.47. The van der Waals surface area contributed by atoms with E-state index in [2.05, 4.69) is 15.5 Å². The highest BCUT2D eigenvalue weighted by Gasteiger charge is 2.10. The van der Waals surface area contributed by atoms with E-state index in [1.165, 1.54) is 0 Å². The van der Waals surface area contributed by atoms with Crippen molar-refractivity contribution in [3.8, 4) is 11.5 Å². The number of ether oxygens (including phenoxy) is 2. The van der Waals surface area contributed by atoms with Gasteiger partial charge in [0.25, 0.3) is 0 Å². The Labute approximate surface area is 139 Å².